The van der Waals surface area contributed by atoms with Crippen molar-refractivity contribution < 1.29 is 47.0 Å². The normalized spacial score (nSPS) is 11.8. The van der Waals surface area contributed by atoms with E-state index in [-0.39, 0.29) is 30.7 Å². The topological polar surface area (TPSA) is 29.1 Å². The molecule has 0 fully saturated rings. The van der Waals surface area contributed by atoms with E-state index in [0.29, 0.717) is 4.22 Å². The minimum absolute atomic E-state index is 0. The molecular weight excluding hydrogens is 477 g/mol. The maximum atomic E-state index is 13.4. The molecule has 1 aliphatic carbocycles. The van der Waals surface area contributed by atoms with E-state index >= 15 is 0 Å². The van der Waals surface area contributed by atoms with E-state index in [1.807, 2.05) is 0 Å². The van der Waals surface area contributed by atoms with Crippen LogP contribution in [0.2, 0.25) is 13.1 Å². The summed E-state index contributed by atoms with van der Waals surface area (Å²) < 4.78 is 4.04. The van der Waals surface area contributed by atoms with Crippen molar-refractivity contribution in [2.45, 2.75) is 38.1 Å². The molecule has 0 saturated carbocycles. The van der Waals surface area contributed by atoms with Crippen molar-refractivity contribution in [1.82, 2.24) is 3.80 Å². The van der Waals surface area contributed by atoms with Crippen LogP contribution in [0.5, 0.6) is 0 Å². The Hall–Kier alpha value is -1.36. The summed E-state index contributed by atoms with van der Waals surface area (Å²) in [6.07, 6.45) is 0. The minimum atomic E-state index is -1.92. The van der Waals surface area contributed by atoms with Crippen LogP contribution in [0.1, 0.15) is 42.4 Å². The third kappa shape index (κ3) is 4.86. The van der Waals surface area contributed by atoms with Crippen LogP contribution in [0.25, 0.3) is 11.1 Å². The standard InChI is InChI=1S/C13H9.C10H13NO.C2H7Si.2ClH.Ti/c1-3-7-12-10(5-1)9-11-6-2-4-8-13(11)12;1-6-4-7(2)9(10(11)12)8(3)5-6;1-3-2;;;/h1-9H;4-5H,1-3H3,(H2,11,12);3H,1-2H3;2*1H;/q;;;;;+3/p-3. The van der Waals surface area contributed by atoms with Crippen LogP contribution in [0.4, 0.5) is 0 Å². The molecule has 0 bridgehead atoms. The monoisotopic (exact) mass is 504 g/mol. The zero-order valence-electron chi connectivity index (χ0n) is 18.6. The zero-order valence-corrected chi connectivity index (χ0v) is 22.8. The molecule has 161 valence electrons. The molecule has 2 nitrogen and oxygen atoms in total. The third-order valence-corrected chi connectivity index (χ3v) is 17.7. The fourth-order valence-corrected chi connectivity index (χ4v) is 14.9. The van der Waals surface area contributed by atoms with Gasteiger partial charge in [-0.3, -0.25) is 0 Å². The van der Waals surface area contributed by atoms with Gasteiger partial charge in [-0.05, 0) is 0 Å². The fourth-order valence-electron chi connectivity index (χ4n) is 4.77. The van der Waals surface area contributed by atoms with E-state index < -0.39 is 24.0 Å². The molecule has 1 aliphatic rings. The molecular formula is C25H28Cl2NOSiTi. The predicted octanol–water partition coefficient (Wildman–Crippen LogP) is -0.364. The molecule has 3 aromatic rings. The quantitative estimate of drug-likeness (QED) is 0.483. The van der Waals surface area contributed by atoms with E-state index in [1.165, 1.54) is 27.8 Å². The van der Waals surface area contributed by atoms with Crippen LogP contribution >= 0.6 is 0 Å². The third-order valence-electron chi connectivity index (χ3n) is 5.93. The Balaban J connectivity index is 0.00000171. The van der Waals surface area contributed by atoms with Gasteiger partial charge in [0.1, 0.15) is 0 Å². The molecule has 0 aromatic heterocycles. The molecule has 0 heterocycles. The molecule has 0 spiro atoms. The molecule has 1 amide bonds. The van der Waals surface area contributed by atoms with Crippen LogP contribution < -0.4 is 28.6 Å². The first-order chi connectivity index (χ1) is 13.9. The van der Waals surface area contributed by atoms with Crippen molar-refractivity contribution in [2.24, 2.45) is 0 Å². The number of carbonyl (C=O) groups excluding carboxylic acids is 1. The maximum absolute atomic E-state index is 13.4. The molecule has 1 N–H and O–H groups in total. The first-order valence-electron chi connectivity index (χ1n) is 10.3. The number of halogens is 2. The van der Waals surface area contributed by atoms with Crippen LogP contribution in [-0.4, -0.2) is 12.6 Å². The van der Waals surface area contributed by atoms with Gasteiger partial charge in [0.2, 0.25) is 0 Å². The molecule has 0 saturated heterocycles. The smallest absolute Gasteiger partial charge is 1.00 e. The van der Waals surface area contributed by atoms with Gasteiger partial charge >= 0.3 is 182 Å². The van der Waals surface area contributed by atoms with Gasteiger partial charge in [-0.15, -0.1) is 0 Å². The van der Waals surface area contributed by atoms with Crippen molar-refractivity contribution >= 4 is 12.6 Å². The first kappa shape index (κ1) is 25.9. The van der Waals surface area contributed by atoms with Gasteiger partial charge in [-0.25, -0.2) is 0 Å². The molecule has 0 unspecified atom stereocenters. The van der Waals surface area contributed by atoms with Gasteiger partial charge in [0.05, 0.1) is 0 Å². The molecule has 31 heavy (non-hydrogen) atoms. The Labute approximate surface area is 205 Å². The van der Waals surface area contributed by atoms with Crippen LogP contribution in [0.3, 0.4) is 0 Å². The van der Waals surface area contributed by atoms with Crippen molar-refractivity contribution in [2.75, 3.05) is 0 Å². The average Bonchev–Trinajstić information content (AvgIpc) is 2.99. The Morgan fingerprint density at radius 1 is 0.839 bits per heavy atom. The van der Waals surface area contributed by atoms with Crippen molar-refractivity contribution in [3.63, 3.8) is 0 Å². The van der Waals surface area contributed by atoms with Gasteiger partial charge in [0.25, 0.3) is 0 Å². The van der Waals surface area contributed by atoms with Gasteiger partial charge in [-0.2, -0.15) is 0 Å². The van der Waals surface area contributed by atoms with Crippen LogP contribution in [-0.2, 0) is 17.4 Å². The van der Waals surface area contributed by atoms with Crippen LogP contribution in [0.15, 0.2) is 60.7 Å². The summed E-state index contributed by atoms with van der Waals surface area (Å²) in [5.41, 5.74) is 9.78. The van der Waals surface area contributed by atoms with E-state index in [9.17, 15) is 4.79 Å². The van der Waals surface area contributed by atoms with Crippen molar-refractivity contribution in [1.29, 1.82) is 0 Å². The summed E-state index contributed by atoms with van der Waals surface area (Å²) in [7, 11) is 0. The number of nitrogens with one attached hydrogen (secondary N) is 1. The van der Waals surface area contributed by atoms with E-state index in [0.717, 1.165) is 16.7 Å². The Morgan fingerprint density at radius 2 is 1.29 bits per heavy atom. The van der Waals surface area contributed by atoms with E-state index in [4.69, 9.17) is 0 Å². The average molecular weight is 505 g/mol. The number of rotatable bonds is 4. The fraction of sp³-hybridized carbons (Fsp3) is 0.240. The number of aryl methyl sites for hydroxylation is 3. The summed E-state index contributed by atoms with van der Waals surface area (Å²) in [5.74, 6) is 0.137. The minimum Gasteiger partial charge on any atom is -1.00 e. The second-order valence-electron chi connectivity index (χ2n) is 8.45. The second-order valence-corrected chi connectivity index (χ2v) is 21.4. The largest absolute Gasteiger partial charge is 1.00 e. The van der Waals surface area contributed by atoms with Gasteiger partial charge in [-0.1, -0.05) is 0 Å². The number of fused-ring (bicyclic) bond motifs is 3. The SMILES string of the molecule is Cc1cc(C)c(C(=O)[NH][Ti+2]([CH]2c3ccccc3-c3ccccc32)[SiH](C)C)c(C)c1.[Cl-].[Cl-]. The number of hydrogen-bond donors (Lipinski definition) is 1. The first-order valence-corrected chi connectivity index (χ1v) is 17.6. The molecule has 3 aromatic carbocycles. The maximum Gasteiger partial charge on any atom is -1.00 e. The predicted molar refractivity (Wildman–Crippen MR) is 121 cm³/mol. The summed E-state index contributed by atoms with van der Waals surface area (Å²) in [6.45, 7) is 9.98. The van der Waals surface area contributed by atoms with Crippen molar-refractivity contribution in [3.05, 3.63) is 94.0 Å². The Bertz CT molecular complexity index is 1030. The summed E-state index contributed by atoms with van der Waals surface area (Å²) >= 11 is -1.92. The van der Waals surface area contributed by atoms with E-state index in [2.05, 4.69) is 98.3 Å². The summed E-state index contributed by atoms with van der Waals surface area (Å²) in [5, 5.41) is 0. The summed E-state index contributed by atoms with van der Waals surface area (Å²) in [6, 6.07) is 21.8. The number of hydrogen-bond acceptors (Lipinski definition) is 1. The van der Waals surface area contributed by atoms with Crippen molar-refractivity contribution in [3.8, 4) is 11.1 Å². The zero-order chi connectivity index (χ0) is 20.7. The Morgan fingerprint density at radius 3 is 1.74 bits per heavy atom. The van der Waals surface area contributed by atoms with Gasteiger partial charge in [0.15, 0.2) is 0 Å². The number of amides is 1. The van der Waals surface area contributed by atoms with E-state index in [1.54, 1.807) is 0 Å². The Kier molecular flexibility index (Phi) is 8.78. The second kappa shape index (κ2) is 10.5. The van der Waals surface area contributed by atoms with Crippen LogP contribution in [0, 0.1) is 20.8 Å². The number of benzene rings is 3. The summed E-state index contributed by atoms with van der Waals surface area (Å²) in [4.78, 5) is 13.4. The van der Waals surface area contributed by atoms with Gasteiger partial charge < -0.3 is 24.8 Å². The molecule has 0 aliphatic heterocycles. The molecule has 6 heteroatoms. The molecule has 4 rings (SSSR count). The number of carbonyl (C=O) groups is 1. The van der Waals surface area contributed by atoms with Gasteiger partial charge in [0, 0.05) is 0 Å². The molecule has 0 atom stereocenters. The molecule has 0 radical (unpaired) electrons.